The molecular formula is C10H9NaO2. The van der Waals surface area contributed by atoms with Crippen LogP contribution in [0.25, 0.3) is 6.08 Å². The van der Waals surface area contributed by atoms with E-state index in [9.17, 15) is 4.79 Å². The van der Waals surface area contributed by atoms with Gasteiger partial charge in [0, 0.05) is 0 Å². The third-order valence-electron chi connectivity index (χ3n) is 2.03. The van der Waals surface area contributed by atoms with Gasteiger partial charge in [0.1, 0.15) is 0 Å². The Kier molecular flexibility index (Phi) is 3.31. The summed E-state index contributed by atoms with van der Waals surface area (Å²) in [5, 5.41) is 8.70. The van der Waals surface area contributed by atoms with Crippen LogP contribution in [0.3, 0.4) is 0 Å². The number of rotatable bonds is 1. The first-order chi connectivity index (χ1) is 5.77. The maximum absolute atomic E-state index is 10.6. The molecule has 2 rings (SSSR count). The molecule has 0 saturated heterocycles. The Balaban J connectivity index is 0.000000845. The summed E-state index contributed by atoms with van der Waals surface area (Å²) in [6.07, 6.45) is 4.91. The van der Waals surface area contributed by atoms with Crippen LogP contribution in [0.2, 0.25) is 0 Å². The van der Waals surface area contributed by atoms with Crippen LogP contribution in [0.15, 0.2) is 24.3 Å². The van der Waals surface area contributed by atoms with Gasteiger partial charge in [-0.15, -0.1) is 0 Å². The summed E-state index contributed by atoms with van der Waals surface area (Å²) in [7, 11) is 0. The van der Waals surface area contributed by atoms with Crippen molar-refractivity contribution in [3.05, 3.63) is 41.0 Å². The molecule has 0 bridgehead atoms. The average Bonchev–Trinajstić information content (AvgIpc) is 2.49. The molecular weight excluding hydrogens is 175 g/mol. The predicted molar refractivity (Wildman–Crippen MR) is 53.3 cm³/mol. The molecule has 0 heterocycles. The van der Waals surface area contributed by atoms with Crippen molar-refractivity contribution < 1.29 is 9.90 Å². The van der Waals surface area contributed by atoms with E-state index in [0.29, 0.717) is 5.56 Å². The zero-order valence-corrected chi connectivity index (χ0v) is 6.45. The van der Waals surface area contributed by atoms with Crippen molar-refractivity contribution in [3.63, 3.8) is 0 Å². The molecule has 0 aromatic heterocycles. The fourth-order valence-corrected chi connectivity index (χ4v) is 1.39. The van der Waals surface area contributed by atoms with E-state index in [1.807, 2.05) is 18.2 Å². The van der Waals surface area contributed by atoms with Crippen molar-refractivity contribution in [2.24, 2.45) is 0 Å². The number of carboxylic acids is 1. The Labute approximate surface area is 98.6 Å². The number of hydrogen-bond acceptors (Lipinski definition) is 1. The minimum absolute atomic E-state index is 0. The van der Waals surface area contributed by atoms with Gasteiger partial charge in [-0.2, -0.15) is 0 Å². The molecule has 1 aliphatic rings. The first kappa shape index (κ1) is 10.5. The molecule has 1 aliphatic carbocycles. The van der Waals surface area contributed by atoms with Crippen LogP contribution < -0.4 is 0 Å². The van der Waals surface area contributed by atoms with E-state index in [1.54, 1.807) is 12.1 Å². The molecule has 0 radical (unpaired) electrons. The second kappa shape index (κ2) is 4.09. The summed E-state index contributed by atoms with van der Waals surface area (Å²) in [5.74, 6) is -0.857. The molecule has 2 nitrogen and oxygen atoms in total. The maximum atomic E-state index is 10.6. The van der Waals surface area contributed by atoms with Gasteiger partial charge < -0.3 is 5.11 Å². The predicted octanol–water partition coefficient (Wildman–Crippen LogP) is 1.31. The van der Waals surface area contributed by atoms with Gasteiger partial charge in [-0.1, -0.05) is 18.2 Å². The summed E-state index contributed by atoms with van der Waals surface area (Å²) < 4.78 is 0. The first-order valence-electron chi connectivity index (χ1n) is 3.80. The van der Waals surface area contributed by atoms with Crippen LogP contribution >= 0.6 is 0 Å². The number of carboxylic acid groups (broad SMARTS) is 1. The van der Waals surface area contributed by atoms with Crippen LogP contribution in [-0.2, 0) is 6.42 Å². The van der Waals surface area contributed by atoms with Crippen LogP contribution in [0.1, 0.15) is 21.5 Å². The SMILES string of the molecule is O=C(O)c1ccc2c(c1)CC=C2.[NaH]. The molecule has 1 aromatic carbocycles. The standard InChI is InChI=1S/C10H8O2.Na.H/c11-10(12)9-5-4-7-2-1-3-8(7)6-9;;/h1-2,4-6H,3H2,(H,11,12);;. The summed E-state index contributed by atoms with van der Waals surface area (Å²) in [6.45, 7) is 0. The van der Waals surface area contributed by atoms with E-state index in [4.69, 9.17) is 5.11 Å². The zero-order valence-electron chi connectivity index (χ0n) is 6.45. The van der Waals surface area contributed by atoms with Gasteiger partial charge in [-0.25, -0.2) is 4.79 Å². The summed E-state index contributed by atoms with van der Waals surface area (Å²) in [6, 6.07) is 5.22. The molecule has 0 fully saturated rings. The number of hydrogen-bond donors (Lipinski definition) is 1. The number of aromatic carboxylic acids is 1. The van der Waals surface area contributed by atoms with Gasteiger partial charge >= 0.3 is 35.5 Å². The monoisotopic (exact) mass is 184 g/mol. The van der Waals surface area contributed by atoms with Crippen LogP contribution in [0.5, 0.6) is 0 Å². The fraction of sp³-hybridized carbons (Fsp3) is 0.100. The molecule has 0 spiro atoms. The van der Waals surface area contributed by atoms with Crippen LogP contribution in [0.4, 0.5) is 0 Å². The van der Waals surface area contributed by atoms with Crippen molar-refractivity contribution in [2.45, 2.75) is 6.42 Å². The molecule has 1 aromatic rings. The molecule has 0 saturated carbocycles. The quantitative estimate of drug-likeness (QED) is 0.668. The molecule has 62 valence electrons. The van der Waals surface area contributed by atoms with Crippen LogP contribution in [-0.4, -0.2) is 40.6 Å². The molecule has 13 heavy (non-hydrogen) atoms. The summed E-state index contributed by atoms with van der Waals surface area (Å²) in [4.78, 5) is 10.6. The van der Waals surface area contributed by atoms with E-state index < -0.39 is 5.97 Å². The number of allylic oxidation sites excluding steroid dienone is 1. The molecule has 0 unspecified atom stereocenters. The summed E-state index contributed by atoms with van der Waals surface area (Å²) >= 11 is 0. The Hall–Kier alpha value is -0.570. The van der Waals surface area contributed by atoms with E-state index in [-0.39, 0.29) is 29.6 Å². The van der Waals surface area contributed by atoms with Gasteiger partial charge in [-0.05, 0) is 29.7 Å². The van der Waals surface area contributed by atoms with Gasteiger partial charge in [0.2, 0.25) is 0 Å². The van der Waals surface area contributed by atoms with E-state index >= 15 is 0 Å². The second-order valence-corrected chi connectivity index (χ2v) is 2.83. The van der Waals surface area contributed by atoms with Gasteiger partial charge in [0.15, 0.2) is 0 Å². The van der Waals surface area contributed by atoms with Gasteiger partial charge in [-0.3, -0.25) is 0 Å². The Morgan fingerprint density at radius 3 is 2.85 bits per heavy atom. The average molecular weight is 184 g/mol. The number of carbonyl (C=O) groups is 1. The number of benzene rings is 1. The van der Waals surface area contributed by atoms with Crippen molar-refractivity contribution >= 4 is 41.6 Å². The molecule has 0 atom stereocenters. The molecule has 0 aliphatic heterocycles. The van der Waals surface area contributed by atoms with E-state index in [1.165, 1.54) is 0 Å². The van der Waals surface area contributed by atoms with Crippen molar-refractivity contribution in [3.8, 4) is 0 Å². The second-order valence-electron chi connectivity index (χ2n) is 2.83. The Morgan fingerprint density at radius 1 is 1.38 bits per heavy atom. The van der Waals surface area contributed by atoms with E-state index in [2.05, 4.69) is 0 Å². The first-order valence-corrected chi connectivity index (χ1v) is 3.80. The third kappa shape index (κ3) is 2.02. The van der Waals surface area contributed by atoms with Crippen LogP contribution in [0, 0.1) is 0 Å². The number of fused-ring (bicyclic) bond motifs is 1. The van der Waals surface area contributed by atoms with E-state index in [0.717, 1.165) is 17.5 Å². The normalized spacial score (nSPS) is 12.0. The molecule has 0 amide bonds. The Morgan fingerprint density at radius 2 is 2.15 bits per heavy atom. The van der Waals surface area contributed by atoms with Crippen molar-refractivity contribution in [2.75, 3.05) is 0 Å². The zero-order chi connectivity index (χ0) is 8.55. The third-order valence-corrected chi connectivity index (χ3v) is 2.03. The molecule has 1 N–H and O–H groups in total. The van der Waals surface area contributed by atoms with Gasteiger partial charge in [0.25, 0.3) is 0 Å². The molecule has 3 heteroatoms. The summed E-state index contributed by atoms with van der Waals surface area (Å²) in [5.41, 5.74) is 2.62. The van der Waals surface area contributed by atoms with Crippen molar-refractivity contribution in [1.82, 2.24) is 0 Å². The topological polar surface area (TPSA) is 37.3 Å². The fourth-order valence-electron chi connectivity index (χ4n) is 1.39. The minimum atomic E-state index is -0.857. The van der Waals surface area contributed by atoms with Crippen molar-refractivity contribution in [1.29, 1.82) is 0 Å². The van der Waals surface area contributed by atoms with Gasteiger partial charge in [0.05, 0.1) is 5.56 Å². The Bertz CT molecular complexity index is 369.